The first-order valence-corrected chi connectivity index (χ1v) is 5.03. The van der Waals surface area contributed by atoms with Crippen LogP contribution in [-0.2, 0) is 4.79 Å². The first-order valence-electron chi connectivity index (χ1n) is 5.03. The molecule has 1 aliphatic carbocycles. The van der Waals surface area contributed by atoms with E-state index < -0.39 is 0 Å². The molecule has 70 valence electrons. The van der Waals surface area contributed by atoms with Crippen molar-refractivity contribution < 1.29 is 4.79 Å². The van der Waals surface area contributed by atoms with Gasteiger partial charge < -0.3 is 4.90 Å². The molecule has 0 spiro atoms. The minimum atomic E-state index is 0.457. The van der Waals surface area contributed by atoms with Gasteiger partial charge in [-0.1, -0.05) is 13.8 Å². The van der Waals surface area contributed by atoms with Crippen LogP contribution in [0.25, 0.3) is 0 Å². The molecule has 0 aliphatic heterocycles. The Morgan fingerprint density at radius 1 is 1.25 bits per heavy atom. The predicted molar refractivity (Wildman–Crippen MR) is 50.2 cm³/mol. The van der Waals surface area contributed by atoms with Gasteiger partial charge in [0.25, 0.3) is 0 Å². The molecule has 12 heavy (non-hydrogen) atoms. The number of rotatable bonds is 3. The van der Waals surface area contributed by atoms with Crippen molar-refractivity contribution in [1.82, 2.24) is 4.90 Å². The quantitative estimate of drug-likeness (QED) is 0.642. The lowest BCUT2D eigenvalue weighted by Gasteiger charge is -2.31. The molecule has 0 radical (unpaired) electrons. The van der Waals surface area contributed by atoms with Gasteiger partial charge in [-0.3, -0.25) is 4.79 Å². The molecule has 1 rings (SSSR count). The molecule has 0 N–H and O–H groups in total. The third-order valence-corrected chi connectivity index (χ3v) is 2.84. The molecule has 0 unspecified atom stereocenters. The van der Waals surface area contributed by atoms with E-state index in [0.29, 0.717) is 11.8 Å². The third kappa shape index (κ3) is 2.31. The van der Waals surface area contributed by atoms with Crippen LogP contribution in [0.5, 0.6) is 0 Å². The second kappa shape index (κ2) is 4.61. The minimum Gasteiger partial charge on any atom is -0.301 e. The van der Waals surface area contributed by atoms with Crippen molar-refractivity contribution in [2.45, 2.75) is 45.6 Å². The first-order chi connectivity index (χ1) is 5.77. The van der Waals surface area contributed by atoms with Crippen LogP contribution in [0.3, 0.4) is 0 Å². The first kappa shape index (κ1) is 9.72. The molecule has 0 aromatic carbocycles. The van der Waals surface area contributed by atoms with Gasteiger partial charge in [0, 0.05) is 18.9 Å². The number of carbonyl (C=O) groups is 1. The summed E-state index contributed by atoms with van der Waals surface area (Å²) in [6, 6.07) is 0.678. The number of hydrogen-bond acceptors (Lipinski definition) is 2. The summed E-state index contributed by atoms with van der Waals surface area (Å²) in [7, 11) is 0. The van der Waals surface area contributed by atoms with Gasteiger partial charge in [-0.2, -0.15) is 0 Å². The van der Waals surface area contributed by atoms with Crippen LogP contribution in [0.15, 0.2) is 0 Å². The van der Waals surface area contributed by atoms with Gasteiger partial charge >= 0.3 is 0 Å². The van der Waals surface area contributed by atoms with Gasteiger partial charge in [-0.05, 0) is 25.9 Å². The molecule has 0 aromatic heterocycles. The summed E-state index contributed by atoms with van der Waals surface area (Å²) in [6.45, 7) is 6.63. The number of hydrogen-bond donors (Lipinski definition) is 0. The molecule has 1 aliphatic rings. The maximum atomic E-state index is 11.0. The van der Waals surface area contributed by atoms with Crippen molar-refractivity contribution in [2.24, 2.45) is 0 Å². The van der Waals surface area contributed by atoms with Crippen LogP contribution in [0.4, 0.5) is 0 Å². The number of Topliss-reactive ketones (excluding diaryl/α,β-unsaturated/α-hetero) is 1. The van der Waals surface area contributed by atoms with E-state index in [-0.39, 0.29) is 0 Å². The average molecular weight is 169 g/mol. The fourth-order valence-electron chi connectivity index (χ4n) is 2.03. The summed E-state index contributed by atoms with van der Waals surface area (Å²) >= 11 is 0. The maximum Gasteiger partial charge on any atom is 0.133 e. The maximum absolute atomic E-state index is 11.0. The van der Waals surface area contributed by atoms with E-state index in [1.165, 1.54) is 0 Å². The summed E-state index contributed by atoms with van der Waals surface area (Å²) in [6.07, 6.45) is 3.78. The van der Waals surface area contributed by atoms with Gasteiger partial charge in [-0.15, -0.1) is 0 Å². The largest absolute Gasteiger partial charge is 0.301 e. The molecule has 0 aromatic rings. The van der Waals surface area contributed by atoms with Crippen LogP contribution in [0.2, 0.25) is 0 Å². The van der Waals surface area contributed by atoms with Gasteiger partial charge in [0.15, 0.2) is 0 Å². The average Bonchev–Trinajstić information content (AvgIpc) is 2.10. The Hall–Kier alpha value is -0.370. The molecular formula is C10H19NO. The molecule has 0 heterocycles. The Bertz CT molecular complexity index is 142. The minimum absolute atomic E-state index is 0.457. The molecule has 0 atom stereocenters. The van der Waals surface area contributed by atoms with Gasteiger partial charge in [0.05, 0.1) is 0 Å². The second-order valence-electron chi connectivity index (χ2n) is 3.49. The summed E-state index contributed by atoms with van der Waals surface area (Å²) in [5.74, 6) is 0.457. The monoisotopic (exact) mass is 169 g/mol. The molecule has 1 saturated carbocycles. The zero-order valence-corrected chi connectivity index (χ0v) is 8.18. The lowest BCUT2D eigenvalue weighted by atomic mass is 9.93. The summed E-state index contributed by atoms with van der Waals surface area (Å²) in [5, 5.41) is 0. The van der Waals surface area contributed by atoms with E-state index in [1.807, 2.05) is 0 Å². The molecule has 2 nitrogen and oxygen atoms in total. The zero-order valence-electron chi connectivity index (χ0n) is 8.18. The van der Waals surface area contributed by atoms with E-state index in [0.717, 1.165) is 38.8 Å². The molecule has 1 fully saturated rings. The number of ketones is 1. The standard InChI is InChI=1S/C10H19NO/c1-3-11(4-2)9-5-7-10(12)8-6-9/h9H,3-8H2,1-2H3. The van der Waals surface area contributed by atoms with E-state index in [4.69, 9.17) is 0 Å². The lowest BCUT2D eigenvalue weighted by molar-refractivity contribution is -0.121. The van der Waals surface area contributed by atoms with Crippen LogP contribution in [0, 0.1) is 0 Å². The highest BCUT2D eigenvalue weighted by molar-refractivity contribution is 5.79. The smallest absolute Gasteiger partial charge is 0.133 e. The molecule has 0 bridgehead atoms. The number of carbonyl (C=O) groups excluding carboxylic acids is 1. The van der Waals surface area contributed by atoms with Gasteiger partial charge in [0.1, 0.15) is 5.78 Å². The molecule has 2 heteroatoms. The van der Waals surface area contributed by atoms with Crippen LogP contribution in [-0.4, -0.2) is 29.8 Å². The van der Waals surface area contributed by atoms with Crippen molar-refractivity contribution in [3.63, 3.8) is 0 Å². The highest BCUT2D eigenvalue weighted by Gasteiger charge is 2.21. The van der Waals surface area contributed by atoms with E-state index >= 15 is 0 Å². The fraction of sp³-hybridized carbons (Fsp3) is 0.900. The Morgan fingerprint density at radius 3 is 2.17 bits per heavy atom. The van der Waals surface area contributed by atoms with Crippen LogP contribution < -0.4 is 0 Å². The zero-order chi connectivity index (χ0) is 8.97. The fourth-order valence-corrected chi connectivity index (χ4v) is 2.03. The van der Waals surface area contributed by atoms with E-state index in [2.05, 4.69) is 18.7 Å². The van der Waals surface area contributed by atoms with Crippen LogP contribution in [0.1, 0.15) is 39.5 Å². The van der Waals surface area contributed by atoms with Crippen molar-refractivity contribution in [3.05, 3.63) is 0 Å². The van der Waals surface area contributed by atoms with Gasteiger partial charge in [0.2, 0.25) is 0 Å². The SMILES string of the molecule is CCN(CC)C1CCC(=O)CC1. The summed E-state index contributed by atoms with van der Waals surface area (Å²) in [5.41, 5.74) is 0. The van der Waals surface area contributed by atoms with Crippen molar-refractivity contribution in [2.75, 3.05) is 13.1 Å². The highest BCUT2D eigenvalue weighted by Crippen LogP contribution is 2.19. The Morgan fingerprint density at radius 2 is 1.75 bits per heavy atom. The molecule has 0 amide bonds. The Balaban J connectivity index is 2.37. The Labute approximate surface area is 74.9 Å². The van der Waals surface area contributed by atoms with E-state index in [1.54, 1.807) is 0 Å². The topological polar surface area (TPSA) is 20.3 Å². The molecular weight excluding hydrogens is 150 g/mol. The van der Waals surface area contributed by atoms with Crippen molar-refractivity contribution in [3.8, 4) is 0 Å². The predicted octanol–water partition coefficient (Wildman–Crippen LogP) is 1.84. The van der Waals surface area contributed by atoms with Gasteiger partial charge in [-0.25, -0.2) is 0 Å². The Kier molecular flexibility index (Phi) is 3.73. The van der Waals surface area contributed by atoms with Crippen molar-refractivity contribution in [1.29, 1.82) is 0 Å². The summed E-state index contributed by atoms with van der Waals surface area (Å²) in [4.78, 5) is 13.5. The second-order valence-corrected chi connectivity index (χ2v) is 3.49. The summed E-state index contributed by atoms with van der Waals surface area (Å²) < 4.78 is 0. The van der Waals surface area contributed by atoms with E-state index in [9.17, 15) is 4.79 Å². The third-order valence-electron chi connectivity index (χ3n) is 2.84. The van der Waals surface area contributed by atoms with Crippen LogP contribution >= 0.6 is 0 Å². The normalized spacial score (nSPS) is 20.4. The molecule has 0 saturated heterocycles. The highest BCUT2D eigenvalue weighted by atomic mass is 16.1. The number of nitrogens with zero attached hydrogens (tertiary/aromatic N) is 1. The van der Waals surface area contributed by atoms with Crippen molar-refractivity contribution >= 4 is 5.78 Å². The lowest BCUT2D eigenvalue weighted by Crippen LogP contribution is -2.37.